The molecule has 2 atom stereocenters. The number of carbonyl (C=O) groups excluding carboxylic acids is 2. The lowest BCUT2D eigenvalue weighted by Crippen LogP contribution is -2.40. The summed E-state index contributed by atoms with van der Waals surface area (Å²) in [5.74, 6) is -0.264. The van der Waals surface area contributed by atoms with Crippen molar-refractivity contribution in [2.75, 3.05) is 0 Å². The van der Waals surface area contributed by atoms with Gasteiger partial charge in [-0.05, 0) is 18.1 Å². The predicted octanol–water partition coefficient (Wildman–Crippen LogP) is 1.34. The van der Waals surface area contributed by atoms with E-state index in [4.69, 9.17) is 0 Å². The van der Waals surface area contributed by atoms with Gasteiger partial charge in [-0.2, -0.15) is 0 Å². The molecule has 4 heteroatoms. The van der Waals surface area contributed by atoms with E-state index in [-0.39, 0.29) is 11.8 Å². The van der Waals surface area contributed by atoms with Crippen LogP contribution in [0, 0.1) is 5.92 Å². The van der Waals surface area contributed by atoms with Gasteiger partial charge in [-0.3, -0.25) is 14.6 Å². The molecule has 0 aliphatic carbocycles. The highest BCUT2D eigenvalue weighted by molar-refractivity contribution is 5.93. The molecule has 0 aromatic carbocycles. The number of aromatic nitrogens is 1. The molecule has 0 aliphatic rings. The number of pyridine rings is 1. The lowest BCUT2D eigenvalue weighted by atomic mass is 10.0. The summed E-state index contributed by atoms with van der Waals surface area (Å²) >= 11 is 0. The molecule has 1 radical (unpaired) electrons. The molecule has 0 unspecified atom stereocenters. The molecule has 1 N–H and O–H groups in total. The summed E-state index contributed by atoms with van der Waals surface area (Å²) in [7, 11) is 0. The van der Waals surface area contributed by atoms with Gasteiger partial charge in [0.15, 0.2) is 0 Å². The van der Waals surface area contributed by atoms with Gasteiger partial charge in [-0.1, -0.05) is 26.3 Å². The maximum atomic E-state index is 11.7. The summed E-state index contributed by atoms with van der Waals surface area (Å²) in [5.41, 5.74) is 0.311. The Morgan fingerprint density at radius 1 is 1.56 bits per heavy atom. The van der Waals surface area contributed by atoms with Crippen LogP contribution in [0.3, 0.4) is 0 Å². The number of nitrogens with one attached hydrogen (secondary N) is 1. The van der Waals surface area contributed by atoms with E-state index in [1.54, 1.807) is 18.2 Å². The van der Waals surface area contributed by atoms with Crippen LogP contribution in [0.1, 0.15) is 30.8 Å². The van der Waals surface area contributed by atoms with Crippen molar-refractivity contribution in [3.8, 4) is 0 Å². The van der Waals surface area contributed by atoms with E-state index in [1.165, 1.54) is 6.20 Å². The maximum absolute atomic E-state index is 11.7. The van der Waals surface area contributed by atoms with Crippen LogP contribution in [0.4, 0.5) is 0 Å². The first-order valence-electron chi connectivity index (χ1n) is 5.28. The quantitative estimate of drug-likeness (QED) is 0.812. The van der Waals surface area contributed by atoms with Crippen LogP contribution in [0.5, 0.6) is 0 Å². The number of rotatable bonds is 5. The SMILES string of the molecule is CC[C@H](C)[C@@H]([C]=O)NC(=O)c1ccccn1. The largest absolute Gasteiger partial charge is 0.340 e. The van der Waals surface area contributed by atoms with Crippen LogP contribution >= 0.6 is 0 Å². The summed E-state index contributed by atoms with van der Waals surface area (Å²) in [6.45, 7) is 3.86. The zero-order valence-electron chi connectivity index (χ0n) is 9.43. The number of amides is 1. The van der Waals surface area contributed by atoms with Crippen LogP contribution in [0.25, 0.3) is 0 Å². The van der Waals surface area contributed by atoms with Crippen LogP contribution < -0.4 is 5.32 Å². The van der Waals surface area contributed by atoms with E-state index >= 15 is 0 Å². The third-order valence-electron chi connectivity index (χ3n) is 2.52. The molecule has 0 saturated heterocycles. The number of nitrogens with zero attached hydrogens (tertiary/aromatic N) is 1. The summed E-state index contributed by atoms with van der Waals surface area (Å²) in [5, 5.41) is 2.61. The van der Waals surface area contributed by atoms with Gasteiger partial charge in [0.25, 0.3) is 5.91 Å². The fraction of sp³-hybridized carbons (Fsp3) is 0.417. The Kier molecular flexibility index (Phi) is 4.64. The average Bonchev–Trinajstić information content (AvgIpc) is 2.35. The summed E-state index contributed by atoms with van der Waals surface area (Å²) in [4.78, 5) is 26.3. The molecule has 0 fully saturated rings. The maximum Gasteiger partial charge on any atom is 0.270 e. The second-order valence-corrected chi connectivity index (χ2v) is 3.67. The highest BCUT2D eigenvalue weighted by Gasteiger charge is 2.19. The van der Waals surface area contributed by atoms with Gasteiger partial charge in [0.05, 0.1) is 6.04 Å². The van der Waals surface area contributed by atoms with E-state index in [0.717, 1.165) is 6.42 Å². The zero-order chi connectivity index (χ0) is 12.0. The van der Waals surface area contributed by atoms with Crippen LogP contribution in [0.2, 0.25) is 0 Å². The van der Waals surface area contributed by atoms with Gasteiger partial charge in [-0.15, -0.1) is 0 Å². The smallest absolute Gasteiger partial charge is 0.270 e. The lowest BCUT2D eigenvalue weighted by molar-refractivity contribution is 0.0932. The Bertz CT molecular complexity index is 351. The van der Waals surface area contributed by atoms with Gasteiger partial charge >= 0.3 is 0 Å². The third kappa shape index (κ3) is 3.15. The molecular formula is C12H15N2O2. The molecule has 0 saturated carbocycles. The minimum atomic E-state index is -0.570. The van der Waals surface area contributed by atoms with Crippen molar-refractivity contribution in [2.24, 2.45) is 5.92 Å². The molecule has 1 aromatic heterocycles. The summed E-state index contributed by atoms with van der Waals surface area (Å²) in [6, 6.07) is 4.49. The van der Waals surface area contributed by atoms with Crippen LogP contribution in [-0.2, 0) is 4.79 Å². The molecule has 85 valence electrons. The minimum Gasteiger partial charge on any atom is -0.340 e. The van der Waals surface area contributed by atoms with E-state index in [2.05, 4.69) is 10.3 Å². The Labute approximate surface area is 95.1 Å². The predicted molar refractivity (Wildman–Crippen MR) is 60.6 cm³/mol. The molecule has 1 heterocycles. The van der Waals surface area contributed by atoms with Crippen molar-refractivity contribution in [2.45, 2.75) is 26.3 Å². The Balaban J connectivity index is 2.66. The first-order chi connectivity index (χ1) is 7.69. The molecule has 0 spiro atoms. The number of hydrogen-bond acceptors (Lipinski definition) is 3. The Morgan fingerprint density at radius 3 is 2.81 bits per heavy atom. The van der Waals surface area contributed by atoms with Gasteiger partial charge < -0.3 is 5.32 Å². The topological polar surface area (TPSA) is 59.1 Å². The second kappa shape index (κ2) is 6.00. The molecule has 0 bridgehead atoms. The van der Waals surface area contributed by atoms with Crippen molar-refractivity contribution in [1.29, 1.82) is 0 Å². The fourth-order valence-corrected chi connectivity index (χ4v) is 1.24. The Morgan fingerprint density at radius 2 is 2.31 bits per heavy atom. The average molecular weight is 219 g/mol. The normalized spacial score (nSPS) is 13.9. The first kappa shape index (κ1) is 12.4. The van der Waals surface area contributed by atoms with Crippen molar-refractivity contribution in [1.82, 2.24) is 10.3 Å². The van der Waals surface area contributed by atoms with E-state index in [1.807, 2.05) is 20.1 Å². The monoisotopic (exact) mass is 219 g/mol. The lowest BCUT2D eigenvalue weighted by Gasteiger charge is -2.17. The van der Waals surface area contributed by atoms with Gasteiger partial charge in [0, 0.05) is 6.20 Å². The summed E-state index contributed by atoms with van der Waals surface area (Å²) < 4.78 is 0. The standard InChI is InChI=1S/C12H15N2O2/c1-3-9(2)11(8-15)14-12(16)10-6-4-5-7-13-10/h4-7,9,11H,3H2,1-2H3,(H,14,16)/t9-,11+/m0/s1. The Hall–Kier alpha value is -1.71. The summed E-state index contributed by atoms with van der Waals surface area (Å²) in [6.07, 6.45) is 4.19. The van der Waals surface area contributed by atoms with Crippen molar-refractivity contribution in [3.63, 3.8) is 0 Å². The zero-order valence-corrected chi connectivity index (χ0v) is 9.43. The van der Waals surface area contributed by atoms with Gasteiger partial charge in [0.1, 0.15) is 5.69 Å². The highest BCUT2D eigenvalue weighted by atomic mass is 16.2. The molecule has 16 heavy (non-hydrogen) atoms. The molecule has 1 aromatic rings. The van der Waals surface area contributed by atoms with E-state index < -0.39 is 6.04 Å². The third-order valence-corrected chi connectivity index (χ3v) is 2.52. The number of hydrogen-bond donors (Lipinski definition) is 1. The highest BCUT2D eigenvalue weighted by Crippen LogP contribution is 2.06. The second-order valence-electron chi connectivity index (χ2n) is 3.67. The van der Waals surface area contributed by atoms with Crippen LogP contribution in [-0.4, -0.2) is 23.2 Å². The van der Waals surface area contributed by atoms with Gasteiger partial charge in [0.2, 0.25) is 6.29 Å². The molecule has 4 nitrogen and oxygen atoms in total. The molecule has 0 aliphatic heterocycles. The first-order valence-corrected chi connectivity index (χ1v) is 5.28. The number of carbonyl (C=O) groups is 1. The molecule has 1 amide bonds. The fourth-order valence-electron chi connectivity index (χ4n) is 1.24. The van der Waals surface area contributed by atoms with Crippen LogP contribution in [0.15, 0.2) is 24.4 Å². The minimum absolute atomic E-state index is 0.0742. The van der Waals surface area contributed by atoms with Crippen molar-refractivity contribution < 1.29 is 9.59 Å². The van der Waals surface area contributed by atoms with Crippen molar-refractivity contribution in [3.05, 3.63) is 30.1 Å². The molecule has 1 rings (SSSR count). The van der Waals surface area contributed by atoms with Crippen molar-refractivity contribution >= 4 is 12.2 Å². The van der Waals surface area contributed by atoms with E-state index in [9.17, 15) is 9.59 Å². The van der Waals surface area contributed by atoms with E-state index in [0.29, 0.717) is 5.69 Å². The molecular weight excluding hydrogens is 204 g/mol. The van der Waals surface area contributed by atoms with Gasteiger partial charge in [-0.25, -0.2) is 0 Å².